The molecule has 4 nitrogen and oxygen atoms in total. The zero-order valence-electron chi connectivity index (χ0n) is 15.8. The highest BCUT2D eigenvalue weighted by molar-refractivity contribution is 5.83. The molecule has 2 heterocycles. The maximum absolute atomic E-state index is 4.16. The van der Waals surface area contributed by atoms with Crippen LogP contribution in [0.1, 0.15) is 29.7 Å². The second-order valence-corrected chi connectivity index (χ2v) is 7.47. The first kappa shape index (κ1) is 17.0. The number of hydrogen-bond donors (Lipinski definition) is 2. The van der Waals surface area contributed by atoms with Crippen molar-refractivity contribution in [3.63, 3.8) is 0 Å². The minimum absolute atomic E-state index is 0.102. The van der Waals surface area contributed by atoms with Gasteiger partial charge in [-0.25, -0.2) is 15.4 Å². The molecule has 2 unspecified atom stereocenters. The van der Waals surface area contributed by atoms with Gasteiger partial charge in [-0.3, -0.25) is 5.43 Å². The van der Waals surface area contributed by atoms with Gasteiger partial charge in [0.2, 0.25) is 0 Å². The SMILES string of the molecule is CC1Cc2cc(-c3cncnc3)ccc2C(c2ccc3ccccc3c2)NN1. The lowest BCUT2D eigenvalue weighted by Gasteiger charge is -2.21. The van der Waals surface area contributed by atoms with Gasteiger partial charge < -0.3 is 0 Å². The number of nitrogens with one attached hydrogen (secondary N) is 2. The van der Waals surface area contributed by atoms with E-state index < -0.39 is 0 Å². The molecular weight excluding hydrogens is 344 g/mol. The van der Waals surface area contributed by atoms with Crippen LogP contribution in [0.3, 0.4) is 0 Å². The van der Waals surface area contributed by atoms with Crippen LogP contribution in [-0.4, -0.2) is 16.0 Å². The largest absolute Gasteiger partial charge is 0.254 e. The average molecular weight is 366 g/mol. The highest BCUT2D eigenvalue weighted by Gasteiger charge is 2.23. The van der Waals surface area contributed by atoms with Gasteiger partial charge in [0.1, 0.15) is 6.33 Å². The molecule has 2 atom stereocenters. The minimum atomic E-state index is 0.102. The Bertz CT molecular complexity index is 1120. The van der Waals surface area contributed by atoms with Crippen molar-refractivity contribution in [2.45, 2.75) is 25.4 Å². The number of benzene rings is 3. The van der Waals surface area contributed by atoms with E-state index in [0.717, 1.165) is 17.5 Å². The van der Waals surface area contributed by atoms with Crippen molar-refractivity contribution in [3.05, 3.63) is 96.1 Å². The summed E-state index contributed by atoms with van der Waals surface area (Å²) in [4.78, 5) is 8.32. The van der Waals surface area contributed by atoms with Gasteiger partial charge in [0.05, 0.1) is 6.04 Å². The van der Waals surface area contributed by atoms with E-state index in [0.29, 0.717) is 6.04 Å². The van der Waals surface area contributed by atoms with Crippen LogP contribution in [0.25, 0.3) is 21.9 Å². The van der Waals surface area contributed by atoms with Crippen LogP contribution in [-0.2, 0) is 6.42 Å². The highest BCUT2D eigenvalue weighted by atomic mass is 15.4. The molecule has 0 aliphatic carbocycles. The molecule has 1 aliphatic rings. The Balaban J connectivity index is 1.60. The van der Waals surface area contributed by atoms with Gasteiger partial charge in [-0.2, -0.15) is 0 Å². The Morgan fingerprint density at radius 1 is 0.821 bits per heavy atom. The zero-order chi connectivity index (χ0) is 18.9. The first-order chi connectivity index (χ1) is 13.8. The topological polar surface area (TPSA) is 49.8 Å². The smallest absolute Gasteiger partial charge is 0.115 e. The van der Waals surface area contributed by atoms with Gasteiger partial charge in [-0.05, 0) is 52.4 Å². The Morgan fingerprint density at radius 2 is 1.64 bits per heavy atom. The molecule has 0 saturated carbocycles. The molecule has 0 radical (unpaired) electrons. The first-order valence-electron chi connectivity index (χ1n) is 9.66. The van der Waals surface area contributed by atoms with E-state index in [1.807, 2.05) is 12.4 Å². The predicted octanol–water partition coefficient (Wildman–Crippen LogP) is 4.43. The molecule has 0 spiro atoms. The normalized spacial score (nSPS) is 19.2. The summed E-state index contributed by atoms with van der Waals surface area (Å²) in [5.41, 5.74) is 13.2. The van der Waals surface area contributed by atoms with Crippen molar-refractivity contribution >= 4 is 10.8 Å². The lowest BCUT2D eigenvalue weighted by molar-refractivity contribution is 0.434. The molecule has 5 rings (SSSR count). The second-order valence-electron chi connectivity index (χ2n) is 7.47. The zero-order valence-corrected chi connectivity index (χ0v) is 15.8. The van der Waals surface area contributed by atoms with Gasteiger partial charge in [-0.15, -0.1) is 0 Å². The molecule has 0 amide bonds. The lowest BCUT2D eigenvalue weighted by Crippen LogP contribution is -2.40. The van der Waals surface area contributed by atoms with E-state index in [2.05, 4.69) is 88.4 Å². The molecule has 1 aromatic heterocycles. The van der Waals surface area contributed by atoms with Crippen LogP contribution in [0.5, 0.6) is 0 Å². The van der Waals surface area contributed by atoms with Gasteiger partial charge in [0, 0.05) is 24.0 Å². The predicted molar refractivity (Wildman–Crippen MR) is 113 cm³/mol. The van der Waals surface area contributed by atoms with Crippen LogP contribution in [0.15, 0.2) is 79.4 Å². The van der Waals surface area contributed by atoms with E-state index in [1.54, 1.807) is 6.33 Å². The van der Waals surface area contributed by atoms with Gasteiger partial charge in [-0.1, -0.05) is 54.6 Å². The van der Waals surface area contributed by atoms with Crippen molar-refractivity contribution in [1.29, 1.82) is 0 Å². The quantitative estimate of drug-likeness (QED) is 0.551. The summed E-state index contributed by atoms with van der Waals surface area (Å²) in [5.74, 6) is 0. The van der Waals surface area contributed by atoms with Crippen LogP contribution in [0, 0.1) is 0 Å². The summed E-state index contributed by atoms with van der Waals surface area (Å²) in [7, 11) is 0. The molecule has 0 fully saturated rings. The fourth-order valence-electron chi connectivity index (χ4n) is 4.03. The van der Waals surface area contributed by atoms with Gasteiger partial charge in [0.15, 0.2) is 0 Å². The minimum Gasteiger partial charge on any atom is -0.254 e. The number of fused-ring (bicyclic) bond motifs is 2. The van der Waals surface area contributed by atoms with Crippen LogP contribution in [0.4, 0.5) is 0 Å². The first-order valence-corrected chi connectivity index (χ1v) is 9.66. The second kappa shape index (κ2) is 7.15. The molecule has 0 bridgehead atoms. The summed E-state index contributed by atoms with van der Waals surface area (Å²) in [6, 6.07) is 22.4. The summed E-state index contributed by atoms with van der Waals surface area (Å²) >= 11 is 0. The van der Waals surface area contributed by atoms with E-state index in [9.17, 15) is 0 Å². The number of rotatable bonds is 2. The molecule has 1 aliphatic heterocycles. The fraction of sp³-hybridized carbons (Fsp3) is 0.167. The van der Waals surface area contributed by atoms with Crippen molar-refractivity contribution in [2.24, 2.45) is 0 Å². The Hall–Kier alpha value is -3.08. The van der Waals surface area contributed by atoms with Gasteiger partial charge >= 0.3 is 0 Å². The highest BCUT2D eigenvalue weighted by Crippen LogP contribution is 2.32. The van der Waals surface area contributed by atoms with Crippen LogP contribution < -0.4 is 10.9 Å². The average Bonchev–Trinajstić information content (AvgIpc) is 2.91. The maximum atomic E-state index is 4.16. The monoisotopic (exact) mass is 366 g/mol. The summed E-state index contributed by atoms with van der Waals surface area (Å²) < 4.78 is 0. The molecule has 28 heavy (non-hydrogen) atoms. The fourth-order valence-corrected chi connectivity index (χ4v) is 4.03. The number of nitrogens with zero attached hydrogens (tertiary/aromatic N) is 2. The molecule has 4 heteroatoms. The Kier molecular flexibility index (Phi) is 4.35. The van der Waals surface area contributed by atoms with Gasteiger partial charge in [0.25, 0.3) is 0 Å². The van der Waals surface area contributed by atoms with E-state index in [4.69, 9.17) is 0 Å². The third-order valence-electron chi connectivity index (χ3n) is 5.45. The molecule has 0 saturated heterocycles. The van der Waals surface area contributed by atoms with Crippen LogP contribution in [0.2, 0.25) is 0 Å². The standard InChI is InChI=1S/C24H22N4/c1-16-10-21-12-19(22-13-25-15-26-14-22)8-9-23(21)24(28-27-16)20-7-6-17-4-2-3-5-18(17)11-20/h2-9,11-16,24,27-28H,10H2,1H3. The maximum Gasteiger partial charge on any atom is 0.115 e. The third-order valence-corrected chi connectivity index (χ3v) is 5.45. The van der Waals surface area contributed by atoms with E-state index in [1.165, 1.54) is 27.5 Å². The summed E-state index contributed by atoms with van der Waals surface area (Å²) in [6.07, 6.45) is 6.27. The summed E-state index contributed by atoms with van der Waals surface area (Å²) in [6.45, 7) is 2.21. The van der Waals surface area contributed by atoms with Crippen molar-refractivity contribution in [3.8, 4) is 11.1 Å². The molecule has 4 aromatic rings. The van der Waals surface area contributed by atoms with E-state index in [-0.39, 0.29) is 6.04 Å². The third kappa shape index (κ3) is 3.17. The van der Waals surface area contributed by atoms with Crippen molar-refractivity contribution < 1.29 is 0 Å². The molecule has 3 aromatic carbocycles. The summed E-state index contributed by atoms with van der Waals surface area (Å²) in [5, 5.41) is 2.53. The number of hydrogen-bond acceptors (Lipinski definition) is 4. The Morgan fingerprint density at radius 3 is 2.50 bits per heavy atom. The molecular formula is C24H22N4. The van der Waals surface area contributed by atoms with Crippen molar-refractivity contribution in [1.82, 2.24) is 20.8 Å². The van der Waals surface area contributed by atoms with Crippen molar-refractivity contribution in [2.75, 3.05) is 0 Å². The lowest BCUT2D eigenvalue weighted by atomic mass is 9.90. The molecule has 2 N–H and O–H groups in total. The number of aromatic nitrogens is 2. The number of hydrazine groups is 1. The van der Waals surface area contributed by atoms with E-state index >= 15 is 0 Å². The molecule has 138 valence electrons. The Labute approximate surface area is 164 Å². The van der Waals surface area contributed by atoms with Crippen LogP contribution >= 0.6 is 0 Å².